The average Bonchev–Trinajstić information content (AvgIpc) is 3.26. The Morgan fingerprint density at radius 1 is 1.20 bits per heavy atom. The number of hydrogen-bond acceptors (Lipinski definition) is 3. The Labute approximate surface area is 130 Å². The zero-order valence-corrected chi connectivity index (χ0v) is 13.8. The second-order valence-electron chi connectivity index (χ2n) is 6.03. The zero-order valence-electron chi connectivity index (χ0n) is 12.2. The average molecular weight is 338 g/mol. The molecule has 0 aromatic heterocycles. The lowest BCUT2D eigenvalue weighted by Crippen LogP contribution is -2.47. The van der Waals surface area contributed by atoms with E-state index in [0.717, 1.165) is 25.6 Å². The predicted molar refractivity (Wildman–Crippen MR) is 88.3 cm³/mol. The van der Waals surface area contributed by atoms with Crippen molar-refractivity contribution in [3.05, 3.63) is 28.2 Å². The lowest BCUT2D eigenvalue weighted by atomic mass is 10.1. The molecule has 0 radical (unpaired) electrons. The fourth-order valence-corrected chi connectivity index (χ4v) is 3.36. The van der Waals surface area contributed by atoms with Crippen LogP contribution >= 0.6 is 15.9 Å². The molecular weight excluding hydrogens is 314 g/mol. The van der Waals surface area contributed by atoms with Gasteiger partial charge in [0.1, 0.15) is 0 Å². The Morgan fingerprint density at radius 3 is 2.60 bits per heavy atom. The third-order valence-corrected chi connectivity index (χ3v) is 4.83. The lowest BCUT2D eigenvalue weighted by molar-refractivity contribution is 0.248. The molecule has 1 saturated carbocycles. The second kappa shape index (κ2) is 6.46. The topological polar surface area (TPSA) is 18.5 Å². The third-order valence-electron chi connectivity index (χ3n) is 4.34. The minimum Gasteiger partial charge on any atom is -0.369 e. The van der Waals surface area contributed by atoms with Crippen LogP contribution in [0.15, 0.2) is 22.7 Å². The van der Waals surface area contributed by atoms with Crippen LogP contribution in [0.25, 0.3) is 0 Å². The van der Waals surface area contributed by atoms with Crippen molar-refractivity contribution in [3.63, 3.8) is 0 Å². The van der Waals surface area contributed by atoms with Crippen molar-refractivity contribution in [2.24, 2.45) is 5.92 Å². The van der Waals surface area contributed by atoms with Gasteiger partial charge >= 0.3 is 0 Å². The molecule has 1 aromatic carbocycles. The van der Waals surface area contributed by atoms with E-state index < -0.39 is 0 Å². The number of halogens is 1. The predicted octanol–water partition coefficient (Wildman–Crippen LogP) is 2.70. The van der Waals surface area contributed by atoms with Crippen LogP contribution in [0.2, 0.25) is 0 Å². The van der Waals surface area contributed by atoms with E-state index in [0.29, 0.717) is 0 Å². The fourth-order valence-electron chi connectivity index (χ4n) is 3.01. The van der Waals surface area contributed by atoms with E-state index in [9.17, 15) is 0 Å². The largest absolute Gasteiger partial charge is 0.369 e. The van der Waals surface area contributed by atoms with Gasteiger partial charge in [0.15, 0.2) is 0 Å². The van der Waals surface area contributed by atoms with Crippen molar-refractivity contribution in [1.29, 1.82) is 0 Å². The molecule has 1 aliphatic heterocycles. The summed E-state index contributed by atoms with van der Waals surface area (Å²) in [6.45, 7) is 6.99. The number of hydrogen-bond donors (Lipinski definition) is 1. The van der Waals surface area contributed by atoms with Gasteiger partial charge in [-0.2, -0.15) is 0 Å². The van der Waals surface area contributed by atoms with E-state index >= 15 is 0 Å². The van der Waals surface area contributed by atoms with Crippen molar-refractivity contribution in [3.8, 4) is 0 Å². The molecule has 0 atom stereocenters. The van der Waals surface area contributed by atoms with Gasteiger partial charge in [-0.25, -0.2) is 0 Å². The molecule has 0 unspecified atom stereocenters. The number of piperazine rings is 1. The maximum atomic E-state index is 3.61. The van der Waals surface area contributed by atoms with Crippen LogP contribution in [0.4, 0.5) is 5.69 Å². The normalized spacial score (nSPS) is 20.4. The maximum Gasteiger partial charge on any atom is 0.0424 e. The van der Waals surface area contributed by atoms with E-state index in [2.05, 4.69) is 49.2 Å². The summed E-state index contributed by atoms with van der Waals surface area (Å²) in [4.78, 5) is 5.19. The minimum absolute atomic E-state index is 0.935. The molecule has 110 valence electrons. The van der Waals surface area contributed by atoms with Crippen molar-refractivity contribution in [1.82, 2.24) is 10.2 Å². The first-order chi connectivity index (χ1) is 9.76. The van der Waals surface area contributed by atoms with E-state index in [1.54, 1.807) is 0 Å². The molecule has 1 aliphatic carbocycles. The first kappa shape index (κ1) is 14.4. The number of anilines is 1. The first-order valence-corrected chi connectivity index (χ1v) is 8.46. The molecule has 0 spiro atoms. The van der Waals surface area contributed by atoms with Gasteiger partial charge in [-0.3, -0.25) is 4.90 Å². The molecule has 2 aliphatic rings. The SMILES string of the molecule is CNCc1ccc(Br)cc1N1CCN(CC2CC2)CC1. The summed E-state index contributed by atoms with van der Waals surface area (Å²) in [6.07, 6.45) is 2.91. The van der Waals surface area contributed by atoms with Crippen LogP contribution in [0, 0.1) is 5.92 Å². The Balaban J connectivity index is 1.65. The molecule has 1 aromatic rings. The summed E-state index contributed by atoms with van der Waals surface area (Å²) in [5.74, 6) is 1.01. The molecule has 2 fully saturated rings. The van der Waals surface area contributed by atoms with Crippen LogP contribution in [0.5, 0.6) is 0 Å². The van der Waals surface area contributed by atoms with Crippen LogP contribution in [-0.4, -0.2) is 44.7 Å². The van der Waals surface area contributed by atoms with E-state index in [1.807, 2.05) is 7.05 Å². The van der Waals surface area contributed by atoms with Crippen molar-refractivity contribution in [2.75, 3.05) is 44.7 Å². The van der Waals surface area contributed by atoms with E-state index in [1.165, 1.54) is 48.2 Å². The summed E-state index contributed by atoms with van der Waals surface area (Å²) < 4.78 is 1.17. The van der Waals surface area contributed by atoms with Gasteiger partial charge in [0.2, 0.25) is 0 Å². The number of nitrogens with one attached hydrogen (secondary N) is 1. The molecule has 0 bridgehead atoms. The van der Waals surface area contributed by atoms with Gasteiger partial charge < -0.3 is 10.2 Å². The minimum atomic E-state index is 0.935. The van der Waals surface area contributed by atoms with Crippen LogP contribution < -0.4 is 10.2 Å². The van der Waals surface area contributed by atoms with Gasteiger partial charge in [0, 0.05) is 49.4 Å². The Kier molecular flexibility index (Phi) is 4.64. The quantitative estimate of drug-likeness (QED) is 0.891. The third kappa shape index (κ3) is 3.54. The molecule has 1 heterocycles. The van der Waals surface area contributed by atoms with Crippen molar-refractivity contribution < 1.29 is 0 Å². The highest BCUT2D eigenvalue weighted by molar-refractivity contribution is 9.10. The summed E-state index contributed by atoms with van der Waals surface area (Å²) >= 11 is 3.61. The summed E-state index contributed by atoms with van der Waals surface area (Å²) in [6, 6.07) is 6.63. The Morgan fingerprint density at radius 2 is 1.95 bits per heavy atom. The van der Waals surface area contributed by atoms with Crippen molar-refractivity contribution in [2.45, 2.75) is 19.4 Å². The highest BCUT2D eigenvalue weighted by Gasteiger charge is 2.26. The van der Waals surface area contributed by atoms with Crippen LogP contribution in [-0.2, 0) is 6.54 Å². The molecule has 0 amide bonds. The standard InChI is InChI=1S/C16H24BrN3/c1-18-11-14-4-5-15(17)10-16(14)20-8-6-19(7-9-20)12-13-2-3-13/h4-5,10,13,18H,2-3,6-9,11-12H2,1H3. The number of rotatable bonds is 5. The van der Waals surface area contributed by atoms with Gasteiger partial charge in [-0.1, -0.05) is 22.0 Å². The highest BCUT2D eigenvalue weighted by Crippen LogP contribution is 2.31. The van der Waals surface area contributed by atoms with Crippen LogP contribution in [0.3, 0.4) is 0 Å². The van der Waals surface area contributed by atoms with E-state index in [4.69, 9.17) is 0 Å². The van der Waals surface area contributed by atoms with E-state index in [-0.39, 0.29) is 0 Å². The zero-order chi connectivity index (χ0) is 13.9. The highest BCUT2D eigenvalue weighted by atomic mass is 79.9. The first-order valence-electron chi connectivity index (χ1n) is 7.66. The van der Waals surface area contributed by atoms with Gasteiger partial charge in [-0.05, 0) is 43.5 Å². The molecule has 1 saturated heterocycles. The van der Waals surface area contributed by atoms with Gasteiger partial charge in [0.05, 0.1) is 0 Å². The summed E-state index contributed by atoms with van der Waals surface area (Å²) in [5, 5.41) is 3.27. The molecular formula is C16H24BrN3. The van der Waals surface area contributed by atoms with Gasteiger partial charge in [0.25, 0.3) is 0 Å². The number of benzene rings is 1. The molecule has 3 rings (SSSR count). The lowest BCUT2D eigenvalue weighted by Gasteiger charge is -2.37. The van der Waals surface area contributed by atoms with Crippen molar-refractivity contribution >= 4 is 21.6 Å². The summed E-state index contributed by atoms with van der Waals surface area (Å²) in [5.41, 5.74) is 2.78. The Bertz CT molecular complexity index is 451. The molecule has 1 N–H and O–H groups in total. The number of nitrogens with zero attached hydrogens (tertiary/aromatic N) is 2. The maximum absolute atomic E-state index is 3.61. The molecule has 20 heavy (non-hydrogen) atoms. The fraction of sp³-hybridized carbons (Fsp3) is 0.625. The smallest absolute Gasteiger partial charge is 0.0424 e. The monoisotopic (exact) mass is 337 g/mol. The Hall–Kier alpha value is -0.580. The van der Waals surface area contributed by atoms with Crippen LogP contribution in [0.1, 0.15) is 18.4 Å². The molecule has 3 nitrogen and oxygen atoms in total. The molecule has 4 heteroatoms. The second-order valence-corrected chi connectivity index (χ2v) is 6.95. The van der Waals surface area contributed by atoms with Gasteiger partial charge in [-0.15, -0.1) is 0 Å². The summed E-state index contributed by atoms with van der Waals surface area (Å²) in [7, 11) is 2.01.